The van der Waals surface area contributed by atoms with Crippen LogP contribution in [0.1, 0.15) is 30.0 Å². The first-order valence-electron chi connectivity index (χ1n) is 11.0. The van der Waals surface area contributed by atoms with Crippen molar-refractivity contribution >= 4 is 5.96 Å². The van der Waals surface area contributed by atoms with Gasteiger partial charge >= 0.3 is 0 Å². The fourth-order valence-corrected chi connectivity index (χ4v) is 3.89. The van der Waals surface area contributed by atoms with Gasteiger partial charge in [0.1, 0.15) is 11.5 Å². The van der Waals surface area contributed by atoms with Gasteiger partial charge in [-0.2, -0.15) is 0 Å². The van der Waals surface area contributed by atoms with Crippen molar-refractivity contribution in [3.05, 3.63) is 53.3 Å². The lowest BCUT2D eigenvalue weighted by Gasteiger charge is -2.19. The lowest BCUT2D eigenvalue weighted by Crippen LogP contribution is -2.44. The van der Waals surface area contributed by atoms with Crippen molar-refractivity contribution in [3.63, 3.8) is 0 Å². The highest BCUT2D eigenvalue weighted by molar-refractivity contribution is 5.80. The molecule has 3 rings (SSSR count). The smallest absolute Gasteiger partial charge is 0.191 e. The molecule has 7 heteroatoms. The number of benzene rings is 1. The standard InChI is InChI=1S/C24H35N5O2/c1-5-26-24(27-10-7-20-6-9-25-15-18(20)2)28-21-8-11-29(17-21)16-19-12-22(30-3)14-23(13-19)31-4/h6,9,12-15,21H,5,7-8,10-11,16-17H2,1-4H3,(H2,26,27,28). The summed E-state index contributed by atoms with van der Waals surface area (Å²) >= 11 is 0. The lowest BCUT2D eigenvalue weighted by molar-refractivity contribution is 0.321. The quantitative estimate of drug-likeness (QED) is 0.476. The van der Waals surface area contributed by atoms with E-state index in [1.165, 1.54) is 16.7 Å². The second kappa shape index (κ2) is 11.6. The predicted octanol–water partition coefficient (Wildman–Crippen LogP) is 2.78. The van der Waals surface area contributed by atoms with Crippen LogP contribution in [-0.2, 0) is 13.0 Å². The number of hydrogen-bond acceptors (Lipinski definition) is 5. The molecule has 1 saturated heterocycles. The average molecular weight is 426 g/mol. The molecule has 0 spiro atoms. The lowest BCUT2D eigenvalue weighted by atomic mass is 10.1. The second-order valence-corrected chi connectivity index (χ2v) is 7.90. The molecule has 1 unspecified atom stereocenters. The molecule has 0 bridgehead atoms. The molecular formula is C24H35N5O2. The van der Waals surface area contributed by atoms with E-state index in [0.29, 0.717) is 6.04 Å². The van der Waals surface area contributed by atoms with Crippen molar-refractivity contribution in [1.82, 2.24) is 20.5 Å². The average Bonchev–Trinajstić information content (AvgIpc) is 3.21. The number of guanidine groups is 1. The van der Waals surface area contributed by atoms with Crippen LogP contribution >= 0.6 is 0 Å². The van der Waals surface area contributed by atoms with E-state index >= 15 is 0 Å². The van der Waals surface area contributed by atoms with Gasteiger partial charge in [-0.3, -0.25) is 14.9 Å². The Hall–Kier alpha value is -2.80. The molecule has 1 fully saturated rings. The fourth-order valence-electron chi connectivity index (χ4n) is 3.89. The van der Waals surface area contributed by atoms with Crippen molar-refractivity contribution in [3.8, 4) is 11.5 Å². The van der Waals surface area contributed by atoms with Crippen LogP contribution in [0, 0.1) is 6.92 Å². The molecule has 7 nitrogen and oxygen atoms in total. The van der Waals surface area contributed by atoms with E-state index < -0.39 is 0 Å². The van der Waals surface area contributed by atoms with Crippen LogP contribution in [0.4, 0.5) is 0 Å². The van der Waals surface area contributed by atoms with Crippen molar-refractivity contribution in [2.24, 2.45) is 4.99 Å². The molecule has 2 N–H and O–H groups in total. The number of nitrogens with one attached hydrogen (secondary N) is 2. The molecule has 2 aromatic rings. The number of methoxy groups -OCH3 is 2. The van der Waals surface area contributed by atoms with E-state index in [0.717, 1.165) is 63.0 Å². The fraction of sp³-hybridized carbons (Fsp3) is 0.500. The number of aromatic nitrogens is 1. The van der Waals surface area contributed by atoms with Gasteiger partial charge < -0.3 is 20.1 Å². The first kappa shape index (κ1) is 22.9. The van der Waals surface area contributed by atoms with E-state index in [-0.39, 0.29) is 0 Å². The van der Waals surface area contributed by atoms with Gasteiger partial charge in [0.25, 0.3) is 0 Å². The van der Waals surface area contributed by atoms with E-state index in [1.807, 2.05) is 18.5 Å². The van der Waals surface area contributed by atoms with Gasteiger partial charge in [0.05, 0.1) is 14.2 Å². The van der Waals surface area contributed by atoms with Crippen molar-refractivity contribution in [1.29, 1.82) is 0 Å². The minimum Gasteiger partial charge on any atom is -0.497 e. The van der Waals surface area contributed by atoms with Crippen molar-refractivity contribution in [2.75, 3.05) is 40.4 Å². The minimum atomic E-state index is 0.382. The number of ether oxygens (including phenoxy) is 2. The molecule has 2 heterocycles. The van der Waals surface area contributed by atoms with Crippen molar-refractivity contribution < 1.29 is 9.47 Å². The Balaban J connectivity index is 1.53. The van der Waals surface area contributed by atoms with Gasteiger partial charge in [-0.1, -0.05) is 0 Å². The Morgan fingerprint density at radius 2 is 2.00 bits per heavy atom. The zero-order valence-electron chi connectivity index (χ0n) is 19.1. The second-order valence-electron chi connectivity index (χ2n) is 7.90. The normalized spacial score (nSPS) is 16.9. The number of nitrogens with zero attached hydrogens (tertiary/aromatic N) is 3. The summed E-state index contributed by atoms with van der Waals surface area (Å²) in [6.07, 6.45) is 5.77. The molecule has 1 aromatic carbocycles. The molecule has 0 radical (unpaired) electrons. The summed E-state index contributed by atoms with van der Waals surface area (Å²) in [5.41, 5.74) is 3.72. The van der Waals surface area contributed by atoms with Crippen LogP contribution in [-0.4, -0.2) is 62.3 Å². The van der Waals surface area contributed by atoms with Gasteiger partial charge in [-0.25, -0.2) is 0 Å². The van der Waals surface area contributed by atoms with Crippen LogP contribution in [0.2, 0.25) is 0 Å². The topological polar surface area (TPSA) is 71.0 Å². The van der Waals surface area contributed by atoms with Crippen LogP contribution in [0.5, 0.6) is 11.5 Å². The highest BCUT2D eigenvalue weighted by atomic mass is 16.5. The van der Waals surface area contributed by atoms with E-state index in [2.05, 4.69) is 52.6 Å². The van der Waals surface area contributed by atoms with Gasteiger partial charge in [0, 0.05) is 57.2 Å². The van der Waals surface area contributed by atoms with E-state index in [9.17, 15) is 0 Å². The third kappa shape index (κ3) is 6.85. The molecule has 31 heavy (non-hydrogen) atoms. The maximum Gasteiger partial charge on any atom is 0.191 e. The predicted molar refractivity (Wildman–Crippen MR) is 125 cm³/mol. The maximum absolute atomic E-state index is 5.40. The molecule has 168 valence electrons. The molecular weight excluding hydrogens is 390 g/mol. The molecule has 1 aliphatic rings. The third-order valence-corrected chi connectivity index (χ3v) is 5.56. The Bertz CT molecular complexity index is 849. The summed E-state index contributed by atoms with van der Waals surface area (Å²) in [4.78, 5) is 11.4. The number of pyridine rings is 1. The molecule has 1 atom stereocenters. The Kier molecular flexibility index (Phi) is 8.53. The summed E-state index contributed by atoms with van der Waals surface area (Å²) in [6.45, 7) is 8.70. The van der Waals surface area contributed by atoms with Crippen molar-refractivity contribution in [2.45, 2.75) is 39.3 Å². The Morgan fingerprint density at radius 1 is 1.23 bits per heavy atom. The first-order chi connectivity index (χ1) is 15.1. The monoisotopic (exact) mass is 425 g/mol. The number of likely N-dealkylation sites (tertiary alicyclic amines) is 1. The third-order valence-electron chi connectivity index (χ3n) is 5.56. The summed E-state index contributed by atoms with van der Waals surface area (Å²) in [5.74, 6) is 2.55. The maximum atomic E-state index is 5.40. The van der Waals surface area contributed by atoms with Gasteiger partial charge in [-0.05, 0) is 61.6 Å². The summed E-state index contributed by atoms with van der Waals surface area (Å²) < 4.78 is 10.8. The molecule has 0 amide bonds. The number of aryl methyl sites for hydroxylation is 1. The van der Waals surface area contributed by atoms with E-state index in [1.54, 1.807) is 14.2 Å². The number of aliphatic imine (C=N–C) groups is 1. The Morgan fingerprint density at radius 3 is 2.68 bits per heavy atom. The van der Waals surface area contributed by atoms with Gasteiger partial charge in [0.2, 0.25) is 0 Å². The molecule has 0 aliphatic carbocycles. The number of rotatable bonds is 9. The van der Waals surface area contributed by atoms with Crippen LogP contribution in [0.3, 0.4) is 0 Å². The SMILES string of the molecule is CCNC(=NCCc1ccncc1C)NC1CCN(Cc2cc(OC)cc(OC)c2)C1. The largest absolute Gasteiger partial charge is 0.497 e. The molecule has 1 aromatic heterocycles. The number of hydrogen-bond donors (Lipinski definition) is 2. The highest BCUT2D eigenvalue weighted by Crippen LogP contribution is 2.24. The molecule has 1 aliphatic heterocycles. The zero-order valence-corrected chi connectivity index (χ0v) is 19.1. The zero-order chi connectivity index (χ0) is 22.1. The van der Waals surface area contributed by atoms with Crippen LogP contribution in [0.25, 0.3) is 0 Å². The highest BCUT2D eigenvalue weighted by Gasteiger charge is 2.23. The summed E-state index contributed by atoms with van der Waals surface area (Å²) in [6, 6.07) is 8.53. The molecule has 0 saturated carbocycles. The first-order valence-corrected chi connectivity index (χ1v) is 11.0. The summed E-state index contributed by atoms with van der Waals surface area (Å²) in [7, 11) is 3.37. The van der Waals surface area contributed by atoms with Crippen LogP contribution < -0.4 is 20.1 Å². The van der Waals surface area contributed by atoms with E-state index in [4.69, 9.17) is 14.5 Å². The van der Waals surface area contributed by atoms with Gasteiger partial charge in [0.15, 0.2) is 5.96 Å². The summed E-state index contributed by atoms with van der Waals surface area (Å²) in [5, 5.41) is 6.99. The Labute approximate surface area is 185 Å². The van der Waals surface area contributed by atoms with Crippen LogP contribution in [0.15, 0.2) is 41.7 Å². The minimum absolute atomic E-state index is 0.382. The van der Waals surface area contributed by atoms with Gasteiger partial charge in [-0.15, -0.1) is 0 Å².